The van der Waals surface area contributed by atoms with Crippen LogP contribution in [0.25, 0.3) is 0 Å². The van der Waals surface area contributed by atoms with Gasteiger partial charge in [-0.25, -0.2) is 4.79 Å². The van der Waals surface area contributed by atoms with Crippen LogP contribution >= 0.6 is 0 Å². The molecule has 0 aliphatic carbocycles. The van der Waals surface area contributed by atoms with Crippen molar-refractivity contribution in [1.82, 2.24) is 4.90 Å². The Morgan fingerprint density at radius 3 is 2.28 bits per heavy atom. The molecule has 0 radical (unpaired) electrons. The van der Waals surface area contributed by atoms with Crippen molar-refractivity contribution in [3.05, 3.63) is 47.5 Å². The lowest BCUT2D eigenvalue weighted by Gasteiger charge is -2.09. The van der Waals surface area contributed by atoms with E-state index in [4.69, 9.17) is 0 Å². The van der Waals surface area contributed by atoms with Gasteiger partial charge in [0.05, 0.1) is 18.2 Å². The van der Waals surface area contributed by atoms with Crippen LogP contribution in [-0.2, 0) is 9.53 Å². The number of imide groups is 1. The Bertz CT molecular complexity index is 513. The summed E-state index contributed by atoms with van der Waals surface area (Å²) < 4.78 is 4.42. The van der Waals surface area contributed by atoms with E-state index in [-0.39, 0.29) is 18.4 Å². The number of nitrogens with zero attached hydrogens (tertiary/aromatic N) is 1. The Hall–Kier alpha value is -2.43. The molecule has 5 heteroatoms. The minimum Gasteiger partial charge on any atom is -0.466 e. The Morgan fingerprint density at radius 2 is 1.78 bits per heavy atom. The topological polar surface area (TPSA) is 63.7 Å². The molecular weight excluding hydrogens is 234 g/mol. The molecule has 2 amide bonds. The van der Waals surface area contributed by atoms with Gasteiger partial charge >= 0.3 is 5.97 Å². The number of carbonyl (C=O) groups is 3. The largest absolute Gasteiger partial charge is 0.466 e. The van der Waals surface area contributed by atoms with Crippen molar-refractivity contribution < 1.29 is 19.1 Å². The predicted molar refractivity (Wildman–Crippen MR) is 63.0 cm³/mol. The highest BCUT2D eigenvalue weighted by molar-refractivity contribution is 6.21. The van der Waals surface area contributed by atoms with E-state index in [9.17, 15) is 14.4 Å². The molecule has 0 saturated carbocycles. The Morgan fingerprint density at radius 1 is 1.22 bits per heavy atom. The van der Waals surface area contributed by atoms with Gasteiger partial charge < -0.3 is 4.74 Å². The SMILES string of the molecule is COC(=O)C=CCN1C(=O)c2ccccc2C1=O. The van der Waals surface area contributed by atoms with Gasteiger partial charge in [0.2, 0.25) is 0 Å². The van der Waals surface area contributed by atoms with Gasteiger partial charge in [-0.15, -0.1) is 0 Å². The van der Waals surface area contributed by atoms with E-state index in [0.29, 0.717) is 11.1 Å². The number of amides is 2. The Kier molecular flexibility index (Phi) is 3.23. The average Bonchev–Trinajstić information content (AvgIpc) is 2.64. The second kappa shape index (κ2) is 4.83. The van der Waals surface area contributed by atoms with Gasteiger partial charge in [0, 0.05) is 12.6 Å². The summed E-state index contributed by atoms with van der Waals surface area (Å²) in [5.74, 6) is -1.21. The number of ether oxygens (including phenoxy) is 1. The van der Waals surface area contributed by atoms with E-state index in [2.05, 4.69) is 4.74 Å². The number of hydrogen-bond acceptors (Lipinski definition) is 4. The minimum atomic E-state index is -0.522. The third kappa shape index (κ3) is 2.02. The zero-order valence-corrected chi connectivity index (χ0v) is 9.75. The number of hydrogen-bond donors (Lipinski definition) is 0. The van der Waals surface area contributed by atoms with Gasteiger partial charge in [-0.2, -0.15) is 0 Å². The Balaban J connectivity index is 2.14. The lowest BCUT2D eigenvalue weighted by atomic mass is 10.1. The molecule has 1 aromatic carbocycles. The van der Waals surface area contributed by atoms with Gasteiger partial charge in [0.15, 0.2) is 0 Å². The van der Waals surface area contributed by atoms with Gasteiger partial charge in [-0.1, -0.05) is 18.2 Å². The van der Waals surface area contributed by atoms with Gasteiger partial charge in [-0.05, 0) is 12.1 Å². The molecule has 0 unspecified atom stereocenters. The first-order chi connectivity index (χ1) is 8.65. The lowest BCUT2D eigenvalue weighted by molar-refractivity contribution is -0.134. The molecule has 5 nitrogen and oxygen atoms in total. The average molecular weight is 245 g/mol. The number of fused-ring (bicyclic) bond motifs is 1. The summed E-state index contributed by atoms with van der Waals surface area (Å²) >= 11 is 0. The van der Waals surface area contributed by atoms with Crippen molar-refractivity contribution >= 4 is 17.8 Å². The van der Waals surface area contributed by atoms with E-state index in [0.717, 1.165) is 4.90 Å². The van der Waals surface area contributed by atoms with Crippen LogP contribution in [0.4, 0.5) is 0 Å². The number of methoxy groups -OCH3 is 1. The maximum Gasteiger partial charge on any atom is 0.330 e. The molecule has 0 saturated heterocycles. The van der Waals surface area contributed by atoms with Crippen molar-refractivity contribution in [3.8, 4) is 0 Å². The fourth-order valence-corrected chi connectivity index (χ4v) is 1.73. The monoisotopic (exact) mass is 245 g/mol. The number of esters is 1. The summed E-state index contributed by atoms with van der Waals surface area (Å²) in [4.78, 5) is 35.8. The van der Waals surface area contributed by atoms with Crippen LogP contribution in [0.5, 0.6) is 0 Å². The molecule has 1 aromatic rings. The van der Waals surface area contributed by atoms with E-state index >= 15 is 0 Å². The first kappa shape index (κ1) is 12.0. The summed E-state index contributed by atoms with van der Waals surface area (Å²) in [6.07, 6.45) is 2.61. The van der Waals surface area contributed by atoms with Crippen molar-refractivity contribution in [2.75, 3.05) is 13.7 Å². The van der Waals surface area contributed by atoms with Crippen molar-refractivity contribution in [3.63, 3.8) is 0 Å². The van der Waals surface area contributed by atoms with Crippen molar-refractivity contribution in [2.45, 2.75) is 0 Å². The van der Waals surface area contributed by atoms with E-state index < -0.39 is 5.97 Å². The highest BCUT2D eigenvalue weighted by Crippen LogP contribution is 2.21. The summed E-state index contributed by atoms with van der Waals surface area (Å²) in [6, 6.07) is 6.63. The smallest absolute Gasteiger partial charge is 0.330 e. The molecule has 1 aliphatic heterocycles. The predicted octanol–water partition coefficient (Wildman–Crippen LogP) is 1.01. The summed E-state index contributed by atoms with van der Waals surface area (Å²) in [7, 11) is 1.26. The van der Waals surface area contributed by atoms with Crippen LogP contribution < -0.4 is 0 Å². The van der Waals surface area contributed by atoms with Crippen LogP contribution in [0, 0.1) is 0 Å². The van der Waals surface area contributed by atoms with Gasteiger partial charge in [0.25, 0.3) is 11.8 Å². The van der Waals surface area contributed by atoms with Crippen LogP contribution in [0.15, 0.2) is 36.4 Å². The van der Waals surface area contributed by atoms with Crippen LogP contribution in [0.1, 0.15) is 20.7 Å². The van der Waals surface area contributed by atoms with Gasteiger partial charge in [0.1, 0.15) is 0 Å². The molecule has 1 heterocycles. The van der Waals surface area contributed by atoms with E-state index in [1.807, 2.05) is 0 Å². The summed E-state index contributed by atoms with van der Waals surface area (Å²) in [6.45, 7) is 0.0570. The third-order valence-electron chi connectivity index (χ3n) is 2.62. The third-order valence-corrected chi connectivity index (χ3v) is 2.62. The zero-order chi connectivity index (χ0) is 13.1. The molecule has 0 atom stereocenters. The summed E-state index contributed by atoms with van der Waals surface area (Å²) in [5, 5.41) is 0. The zero-order valence-electron chi connectivity index (χ0n) is 9.75. The maximum atomic E-state index is 11.9. The molecular formula is C13H11NO4. The molecule has 18 heavy (non-hydrogen) atoms. The fraction of sp³-hybridized carbons (Fsp3) is 0.154. The first-order valence-electron chi connectivity index (χ1n) is 5.35. The molecule has 92 valence electrons. The number of benzene rings is 1. The fourth-order valence-electron chi connectivity index (χ4n) is 1.73. The van der Waals surface area contributed by atoms with E-state index in [1.165, 1.54) is 19.3 Å². The van der Waals surface area contributed by atoms with Gasteiger partial charge in [-0.3, -0.25) is 14.5 Å². The van der Waals surface area contributed by atoms with Crippen LogP contribution in [-0.4, -0.2) is 36.3 Å². The normalized spacial score (nSPS) is 14.2. The highest BCUT2D eigenvalue weighted by Gasteiger charge is 2.34. The molecule has 0 aromatic heterocycles. The quantitative estimate of drug-likeness (QED) is 0.453. The maximum absolute atomic E-state index is 11.9. The lowest BCUT2D eigenvalue weighted by Crippen LogP contribution is -2.29. The first-order valence-corrected chi connectivity index (χ1v) is 5.35. The van der Waals surface area contributed by atoms with E-state index in [1.54, 1.807) is 24.3 Å². The molecule has 0 N–H and O–H groups in total. The Labute approximate surface area is 104 Å². The second-order valence-corrected chi connectivity index (χ2v) is 3.69. The highest BCUT2D eigenvalue weighted by atomic mass is 16.5. The van der Waals surface area contributed by atoms with Crippen molar-refractivity contribution in [2.24, 2.45) is 0 Å². The second-order valence-electron chi connectivity index (χ2n) is 3.69. The molecule has 0 bridgehead atoms. The van der Waals surface area contributed by atoms with Crippen molar-refractivity contribution in [1.29, 1.82) is 0 Å². The van der Waals surface area contributed by atoms with Crippen LogP contribution in [0.3, 0.4) is 0 Å². The minimum absolute atomic E-state index is 0.0570. The summed E-state index contributed by atoms with van der Waals surface area (Å²) in [5.41, 5.74) is 0.794. The standard InChI is InChI=1S/C13H11NO4/c1-18-11(15)7-4-8-14-12(16)9-5-2-3-6-10(9)13(14)17/h2-7H,8H2,1H3. The number of rotatable bonds is 3. The molecule has 0 fully saturated rings. The molecule has 0 spiro atoms. The van der Waals surface area contributed by atoms with Crippen LogP contribution in [0.2, 0.25) is 0 Å². The number of carbonyl (C=O) groups excluding carboxylic acids is 3. The molecule has 1 aliphatic rings. The molecule has 2 rings (SSSR count).